The lowest BCUT2D eigenvalue weighted by Crippen LogP contribution is -2.48. The smallest absolute Gasteiger partial charge is 0.430 e. The zero-order chi connectivity index (χ0) is 45.0. The second kappa shape index (κ2) is 20.9. The third-order valence-corrected chi connectivity index (χ3v) is 10.4. The first-order chi connectivity index (χ1) is 29.4. The van der Waals surface area contributed by atoms with Crippen molar-refractivity contribution >= 4 is 40.2 Å². The summed E-state index contributed by atoms with van der Waals surface area (Å²) in [5.41, 5.74) is 5.50. The quantitative estimate of drug-likeness (QED) is 0.0744. The van der Waals surface area contributed by atoms with Gasteiger partial charge in [0.15, 0.2) is 0 Å². The zero-order valence-electron chi connectivity index (χ0n) is 34.5. The normalized spacial score (nSPS) is 14.2. The Kier molecular flexibility index (Phi) is 15.7. The van der Waals surface area contributed by atoms with E-state index in [4.69, 9.17) is 19.4 Å². The number of pyridine rings is 1. The highest BCUT2D eigenvalue weighted by atomic mass is 19.4. The van der Waals surface area contributed by atoms with Crippen molar-refractivity contribution < 1.29 is 56.8 Å². The Morgan fingerprint density at radius 1 is 0.952 bits per heavy atom. The number of halogens is 3. The van der Waals surface area contributed by atoms with Crippen LogP contribution in [0.1, 0.15) is 48.5 Å². The van der Waals surface area contributed by atoms with Crippen LogP contribution in [-0.4, -0.2) is 90.8 Å². The molecule has 2 amide bonds. The van der Waals surface area contributed by atoms with Crippen molar-refractivity contribution in [3.63, 3.8) is 0 Å². The molecule has 2 heterocycles. The van der Waals surface area contributed by atoms with Crippen LogP contribution in [0.25, 0.3) is 22.0 Å². The Morgan fingerprint density at radius 2 is 1.66 bits per heavy atom. The van der Waals surface area contributed by atoms with Gasteiger partial charge in [-0.25, -0.2) is 4.79 Å². The Morgan fingerprint density at radius 3 is 2.34 bits per heavy atom. The van der Waals surface area contributed by atoms with Gasteiger partial charge in [-0.15, -0.1) is 0 Å². The number of alkyl halides is 3. The molecule has 6 rings (SSSR count). The van der Waals surface area contributed by atoms with Gasteiger partial charge in [-0.3, -0.25) is 14.9 Å². The number of nitrogens with zero attached hydrogens (tertiary/aromatic N) is 1. The van der Waals surface area contributed by atoms with Crippen molar-refractivity contribution in [1.29, 1.82) is 0 Å². The molecule has 0 unspecified atom stereocenters. The first-order valence-corrected chi connectivity index (χ1v) is 19.9. The number of benzene rings is 4. The Balaban J connectivity index is 0.000000955. The third-order valence-electron chi connectivity index (χ3n) is 10.4. The van der Waals surface area contributed by atoms with Crippen LogP contribution in [0.4, 0.5) is 29.3 Å². The maximum Gasteiger partial charge on any atom is 0.430 e. The molecule has 4 aromatic carbocycles. The Labute approximate surface area is 355 Å². The van der Waals surface area contributed by atoms with Gasteiger partial charge in [-0.05, 0) is 53.8 Å². The van der Waals surface area contributed by atoms with Crippen LogP contribution in [0.3, 0.4) is 0 Å². The number of phenolic OH excluding ortho intramolecular Hbond substituents is 1. The van der Waals surface area contributed by atoms with Crippen molar-refractivity contribution in [2.75, 3.05) is 51.5 Å². The highest BCUT2D eigenvalue weighted by Crippen LogP contribution is 2.31. The maximum atomic E-state index is 13.0. The van der Waals surface area contributed by atoms with Crippen LogP contribution >= 0.6 is 0 Å². The number of methoxy groups -OCH3 is 1. The number of hydrogen-bond donors (Lipinski definition) is 6. The number of rotatable bonds is 14. The molecule has 14 nitrogen and oxygen atoms in total. The van der Waals surface area contributed by atoms with Gasteiger partial charge in [0.25, 0.3) is 0 Å². The minimum absolute atomic E-state index is 0.0670. The van der Waals surface area contributed by atoms with E-state index in [2.05, 4.69) is 35.0 Å². The molecule has 0 radical (unpaired) electrons. The number of aliphatic carboxylic acids is 1. The summed E-state index contributed by atoms with van der Waals surface area (Å²) in [6.45, 7) is 2.52. The van der Waals surface area contributed by atoms with E-state index in [1.54, 1.807) is 25.3 Å². The first-order valence-electron chi connectivity index (χ1n) is 19.9. The number of carboxylic acids is 1. The van der Waals surface area contributed by atoms with Gasteiger partial charge in [0.1, 0.15) is 23.6 Å². The van der Waals surface area contributed by atoms with Crippen LogP contribution in [0.15, 0.2) is 95.8 Å². The molecule has 1 saturated heterocycles. The van der Waals surface area contributed by atoms with Gasteiger partial charge >= 0.3 is 12.3 Å². The predicted octanol–water partition coefficient (Wildman–Crippen LogP) is 5.78. The molecule has 0 bridgehead atoms. The molecule has 62 heavy (non-hydrogen) atoms. The van der Waals surface area contributed by atoms with Crippen LogP contribution in [0, 0.1) is 0 Å². The zero-order valence-corrected chi connectivity index (χ0v) is 34.5. The average molecular weight is 862 g/mol. The topological polar surface area (TPSA) is 202 Å². The van der Waals surface area contributed by atoms with E-state index >= 15 is 0 Å². The van der Waals surface area contributed by atoms with Crippen LogP contribution in [0.2, 0.25) is 0 Å². The third kappa shape index (κ3) is 13.3. The number of nitrogens with one attached hydrogen (secondary N) is 4. The molecule has 330 valence electrons. The number of carboxylic acid groups (broad SMARTS) is 1. The summed E-state index contributed by atoms with van der Waals surface area (Å²) in [6, 6.07) is 27.3. The van der Waals surface area contributed by atoms with Crippen LogP contribution in [-0.2, 0) is 27.3 Å². The number of carbonyl (C=O) groups is 3. The summed E-state index contributed by atoms with van der Waals surface area (Å²) >= 11 is 0. The van der Waals surface area contributed by atoms with Crippen LogP contribution < -0.4 is 31.4 Å². The van der Waals surface area contributed by atoms with E-state index in [1.807, 2.05) is 60.7 Å². The minimum Gasteiger partial charge on any atom is -0.542 e. The number of hydrogen-bond acceptors (Lipinski definition) is 10. The van der Waals surface area contributed by atoms with Crippen molar-refractivity contribution in [3.05, 3.63) is 118 Å². The standard InChI is InChI=1S/C43H49N5O7.C2HF3O2/c1-48(2)22-20-32(21-23-48)55-43(53)46-36-24-28(12-15-33(36)29-9-5-4-6-10-29)8-7-11-40(51)45-31-14-13-30(39(25-31)54-3)26-44-27-38(50)34-16-18-37(49)42-35(34)17-19-41(52)47-42;3-2(4,5)1(6)7/h4-6,9-10,12-19,24-25,32,38,44,50H,7-8,11,20-23,26-27H2,1-3H3,(H3-,45,46,47,49,51,52,53);(H,6,7)/t38-;/m0./s1. The fraction of sp³-hybridized carbons (Fsp3) is 0.333. The molecule has 5 aromatic rings. The molecule has 0 saturated carbocycles. The lowest BCUT2D eigenvalue weighted by molar-refractivity contribution is -0.896. The number of H-pyrrole nitrogens is 1. The van der Waals surface area contributed by atoms with Crippen LogP contribution in [0.5, 0.6) is 11.5 Å². The number of aliphatic hydroxyl groups excluding tert-OH is 1. The lowest BCUT2D eigenvalue weighted by atomic mass is 9.99. The highest BCUT2D eigenvalue weighted by molar-refractivity contribution is 5.92. The number of aromatic nitrogens is 1. The summed E-state index contributed by atoms with van der Waals surface area (Å²) in [7, 11) is 5.95. The molecule has 6 N–H and O–H groups in total. The number of likely N-dealkylation sites (tertiary alicyclic amines) is 1. The van der Waals surface area contributed by atoms with Crippen molar-refractivity contribution in [1.82, 2.24) is 10.3 Å². The number of anilines is 2. The van der Waals surface area contributed by atoms with Gasteiger partial charge in [-0.2, -0.15) is 13.2 Å². The number of fused-ring (bicyclic) bond motifs is 1. The molecular weight excluding hydrogens is 812 g/mol. The molecule has 0 spiro atoms. The van der Waals surface area contributed by atoms with Gasteiger partial charge in [0.2, 0.25) is 11.5 Å². The molecule has 1 atom stereocenters. The van der Waals surface area contributed by atoms with Crippen molar-refractivity contribution in [2.45, 2.75) is 57.0 Å². The van der Waals surface area contributed by atoms with Gasteiger partial charge in [0.05, 0.1) is 51.6 Å². The SMILES string of the molecule is COc1cc(NC(=O)CCCc2ccc(-c3ccccc3)c(NC(=O)OC3CC[N+](C)(C)CC3)c2)ccc1CNC[C@H](O)c1ccc(O)c2[nH]c(=O)ccc12.O=C([O-])C(F)(F)F. The largest absolute Gasteiger partial charge is 0.542 e. The van der Waals surface area contributed by atoms with E-state index in [0.717, 1.165) is 52.7 Å². The number of aromatic hydroxyl groups is 1. The number of amides is 2. The second-order valence-electron chi connectivity index (χ2n) is 15.5. The summed E-state index contributed by atoms with van der Waals surface area (Å²) in [5, 5.41) is 39.6. The van der Waals surface area contributed by atoms with Gasteiger partial charge in [0, 0.05) is 66.7 Å². The molecule has 1 aliphatic rings. The molecule has 1 aromatic heterocycles. The average Bonchev–Trinajstić information content (AvgIpc) is 3.22. The second-order valence-corrected chi connectivity index (χ2v) is 15.5. The van der Waals surface area contributed by atoms with Crippen molar-refractivity contribution in [3.8, 4) is 22.6 Å². The predicted molar refractivity (Wildman–Crippen MR) is 225 cm³/mol. The molecule has 1 fully saturated rings. The first kappa shape index (κ1) is 46.6. The molecule has 1 aliphatic heterocycles. The van der Waals surface area contributed by atoms with E-state index in [9.17, 15) is 37.8 Å². The number of piperidine rings is 1. The number of aromatic amines is 1. The number of carbonyl (C=O) groups excluding carboxylic acids is 3. The van der Waals surface area contributed by atoms with Crippen molar-refractivity contribution in [2.24, 2.45) is 0 Å². The maximum absolute atomic E-state index is 13.0. The van der Waals surface area contributed by atoms with Gasteiger partial charge in [-0.1, -0.05) is 54.6 Å². The fourth-order valence-corrected chi connectivity index (χ4v) is 7.02. The summed E-state index contributed by atoms with van der Waals surface area (Å²) in [5.74, 6) is -2.62. The number of aryl methyl sites for hydroxylation is 1. The molecular formula is C45H50F3N5O9. The van der Waals surface area contributed by atoms with E-state index in [0.29, 0.717) is 53.9 Å². The Hall–Kier alpha value is -6.43. The highest BCUT2D eigenvalue weighted by Gasteiger charge is 2.29. The van der Waals surface area contributed by atoms with E-state index < -0.39 is 24.3 Å². The summed E-state index contributed by atoms with van der Waals surface area (Å²) in [4.78, 5) is 49.2. The Bertz CT molecular complexity index is 2400. The van der Waals surface area contributed by atoms with E-state index in [1.165, 1.54) is 12.1 Å². The monoisotopic (exact) mass is 861 g/mol. The number of quaternary nitrogens is 1. The summed E-state index contributed by atoms with van der Waals surface area (Å²) < 4.78 is 43.9. The molecule has 17 heteroatoms. The van der Waals surface area contributed by atoms with Gasteiger partial charge < -0.3 is 49.7 Å². The lowest BCUT2D eigenvalue weighted by Gasteiger charge is -2.36. The minimum atomic E-state index is -5.19. The number of aliphatic hydroxyl groups is 1. The molecule has 0 aliphatic carbocycles. The fourth-order valence-electron chi connectivity index (χ4n) is 7.02. The summed E-state index contributed by atoms with van der Waals surface area (Å²) in [6.07, 6.45) is -3.45. The number of ether oxygens (including phenoxy) is 2. The van der Waals surface area contributed by atoms with E-state index in [-0.39, 0.29) is 35.4 Å². The number of phenols is 1.